The number of aromatic nitrogens is 1. The maximum absolute atomic E-state index is 13.3. The molecule has 1 aromatic heterocycles. The van der Waals surface area contributed by atoms with Gasteiger partial charge in [0.05, 0.1) is 5.69 Å². The minimum absolute atomic E-state index is 0.101. The number of hydrogen-bond donors (Lipinski definition) is 1. The Morgan fingerprint density at radius 3 is 2.33 bits per heavy atom. The van der Waals surface area contributed by atoms with Crippen LogP contribution in [0.5, 0.6) is 0 Å². The molecule has 2 aromatic carbocycles. The van der Waals surface area contributed by atoms with Gasteiger partial charge in [0.15, 0.2) is 0 Å². The topological polar surface area (TPSA) is 71.4 Å². The Balaban J connectivity index is 1.79. The fourth-order valence-electron chi connectivity index (χ4n) is 4.05. The molecular weight excluding hydrogens is 438 g/mol. The van der Waals surface area contributed by atoms with Crippen LogP contribution in [0.15, 0.2) is 48.0 Å². The van der Waals surface area contributed by atoms with E-state index < -0.39 is 17.8 Å². The highest BCUT2D eigenvalue weighted by atomic mass is 35.5. The molecular formula is C26H24ClN3O3. The number of imide groups is 2. The molecule has 4 amide bonds. The van der Waals surface area contributed by atoms with Gasteiger partial charge in [-0.25, -0.2) is 9.69 Å². The molecule has 4 rings (SSSR count). The molecule has 0 radical (unpaired) electrons. The van der Waals surface area contributed by atoms with Crippen LogP contribution in [-0.4, -0.2) is 22.4 Å². The molecule has 0 spiro atoms. The second-order valence-electron chi connectivity index (χ2n) is 8.27. The molecule has 1 aliphatic heterocycles. The largest absolute Gasteiger partial charge is 0.335 e. The number of halogens is 1. The SMILES string of the molecule is Cc1ccc(N2C(=O)NC(=O)/C(=C\c3cc(C)n(-c4cccc(Cl)c4C)c3C)C2=O)cc1C. The summed E-state index contributed by atoms with van der Waals surface area (Å²) < 4.78 is 2.03. The first-order chi connectivity index (χ1) is 15.6. The van der Waals surface area contributed by atoms with Crippen LogP contribution in [0.25, 0.3) is 11.8 Å². The second kappa shape index (κ2) is 8.37. The summed E-state index contributed by atoms with van der Waals surface area (Å²) in [4.78, 5) is 39.4. The average Bonchev–Trinajstić information content (AvgIpc) is 3.03. The predicted octanol–water partition coefficient (Wildman–Crippen LogP) is 5.34. The summed E-state index contributed by atoms with van der Waals surface area (Å²) in [6.07, 6.45) is 1.54. The van der Waals surface area contributed by atoms with Crippen molar-refractivity contribution >= 4 is 41.2 Å². The number of amides is 4. The smallest absolute Gasteiger partial charge is 0.318 e. The van der Waals surface area contributed by atoms with E-state index in [2.05, 4.69) is 5.32 Å². The molecule has 1 N–H and O–H groups in total. The number of aryl methyl sites for hydroxylation is 3. The summed E-state index contributed by atoms with van der Waals surface area (Å²) in [7, 11) is 0. The van der Waals surface area contributed by atoms with Gasteiger partial charge in [0.2, 0.25) is 0 Å². The van der Waals surface area contributed by atoms with Gasteiger partial charge >= 0.3 is 6.03 Å². The van der Waals surface area contributed by atoms with Crippen LogP contribution in [-0.2, 0) is 9.59 Å². The van der Waals surface area contributed by atoms with Crippen LogP contribution in [0.1, 0.15) is 33.6 Å². The molecule has 0 unspecified atom stereocenters. The first-order valence-corrected chi connectivity index (χ1v) is 10.9. The zero-order valence-electron chi connectivity index (χ0n) is 19.1. The van der Waals surface area contributed by atoms with Crippen molar-refractivity contribution in [2.45, 2.75) is 34.6 Å². The summed E-state index contributed by atoms with van der Waals surface area (Å²) in [5, 5.41) is 2.94. The predicted molar refractivity (Wildman–Crippen MR) is 130 cm³/mol. The zero-order chi connectivity index (χ0) is 24.0. The molecule has 0 atom stereocenters. The second-order valence-corrected chi connectivity index (χ2v) is 8.68. The fraction of sp³-hybridized carbons (Fsp3) is 0.192. The van der Waals surface area contributed by atoms with Crippen molar-refractivity contribution in [3.8, 4) is 5.69 Å². The van der Waals surface area contributed by atoms with Gasteiger partial charge in [-0.05, 0) is 93.3 Å². The molecule has 6 nitrogen and oxygen atoms in total. The Morgan fingerprint density at radius 2 is 1.64 bits per heavy atom. The van der Waals surface area contributed by atoms with E-state index in [-0.39, 0.29) is 5.57 Å². The average molecular weight is 462 g/mol. The molecule has 0 aliphatic carbocycles. The van der Waals surface area contributed by atoms with Gasteiger partial charge in [-0.1, -0.05) is 23.7 Å². The molecule has 1 saturated heterocycles. The van der Waals surface area contributed by atoms with Crippen LogP contribution in [0.3, 0.4) is 0 Å². The highest BCUT2D eigenvalue weighted by Gasteiger charge is 2.37. The third-order valence-electron chi connectivity index (χ3n) is 6.10. The van der Waals surface area contributed by atoms with E-state index in [1.165, 1.54) is 6.08 Å². The number of urea groups is 1. The van der Waals surface area contributed by atoms with Gasteiger partial charge < -0.3 is 4.57 Å². The molecule has 1 fully saturated rings. The Morgan fingerprint density at radius 1 is 0.909 bits per heavy atom. The molecule has 2 heterocycles. The first kappa shape index (κ1) is 22.6. The molecule has 0 saturated carbocycles. The monoisotopic (exact) mass is 461 g/mol. The van der Waals surface area contributed by atoms with E-state index in [1.807, 2.05) is 69.5 Å². The van der Waals surface area contributed by atoms with Crippen molar-refractivity contribution in [2.75, 3.05) is 4.90 Å². The Bertz CT molecular complexity index is 1370. The minimum Gasteiger partial charge on any atom is -0.318 e. The van der Waals surface area contributed by atoms with Gasteiger partial charge in [0.1, 0.15) is 5.57 Å². The van der Waals surface area contributed by atoms with Crippen molar-refractivity contribution in [3.05, 3.63) is 86.7 Å². The number of anilines is 1. The molecule has 0 bridgehead atoms. The van der Waals surface area contributed by atoms with E-state index in [0.29, 0.717) is 16.3 Å². The number of carbonyl (C=O) groups is 3. The zero-order valence-corrected chi connectivity index (χ0v) is 19.9. The van der Waals surface area contributed by atoms with Crippen LogP contribution in [0.4, 0.5) is 10.5 Å². The van der Waals surface area contributed by atoms with Gasteiger partial charge in [-0.2, -0.15) is 0 Å². The van der Waals surface area contributed by atoms with E-state index in [1.54, 1.807) is 12.1 Å². The van der Waals surface area contributed by atoms with E-state index in [9.17, 15) is 14.4 Å². The third kappa shape index (κ3) is 3.87. The molecule has 33 heavy (non-hydrogen) atoms. The summed E-state index contributed by atoms with van der Waals surface area (Å²) >= 11 is 6.32. The standard InChI is InChI=1S/C26H24ClN3O3/c1-14-9-10-20(11-15(14)2)30-25(32)21(24(31)28-26(30)33)13-19-12-16(3)29(18(19)5)23-8-6-7-22(27)17(23)4/h6-13H,1-5H3,(H,28,31,33)/b21-13+. The number of rotatable bonds is 3. The van der Waals surface area contributed by atoms with Crippen LogP contribution in [0, 0.1) is 34.6 Å². The van der Waals surface area contributed by atoms with Gasteiger partial charge in [-0.15, -0.1) is 0 Å². The van der Waals surface area contributed by atoms with E-state index in [4.69, 9.17) is 11.6 Å². The fourth-order valence-corrected chi connectivity index (χ4v) is 4.22. The lowest BCUT2D eigenvalue weighted by Crippen LogP contribution is -2.54. The molecule has 1 aliphatic rings. The summed E-state index contributed by atoms with van der Waals surface area (Å²) in [6, 6.07) is 12.1. The van der Waals surface area contributed by atoms with Crippen molar-refractivity contribution in [1.29, 1.82) is 0 Å². The molecule has 7 heteroatoms. The summed E-state index contributed by atoms with van der Waals surface area (Å²) in [5.41, 5.74) is 6.63. The lowest BCUT2D eigenvalue weighted by molar-refractivity contribution is -0.122. The van der Waals surface area contributed by atoms with Crippen LogP contribution in [0.2, 0.25) is 5.02 Å². The number of benzene rings is 2. The molecule has 168 valence electrons. The number of nitrogens with one attached hydrogen (secondary N) is 1. The maximum Gasteiger partial charge on any atom is 0.335 e. The van der Waals surface area contributed by atoms with E-state index in [0.717, 1.165) is 38.7 Å². The van der Waals surface area contributed by atoms with Gasteiger partial charge in [-0.3, -0.25) is 14.9 Å². The summed E-state index contributed by atoms with van der Waals surface area (Å²) in [5.74, 6) is -1.37. The van der Waals surface area contributed by atoms with Gasteiger partial charge in [0, 0.05) is 22.1 Å². The number of hydrogen-bond acceptors (Lipinski definition) is 3. The van der Waals surface area contributed by atoms with Crippen molar-refractivity contribution in [2.24, 2.45) is 0 Å². The van der Waals surface area contributed by atoms with E-state index >= 15 is 0 Å². The quantitative estimate of drug-likeness (QED) is 0.422. The Hall–Kier alpha value is -3.64. The number of nitrogens with zero attached hydrogens (tertiary/aromatic N) is 2. The van der Waals surface area contributed by atoms with Crippen molar-refractivity contribution in [3.63, 3.8) is 0 Å². The third-order valence-corrected chi connectivity index (χ3v) is 6.51. The Labute approximate surface area is 197 Å². The van der Waals surface area contributed by atoms with Crippen molar-refractivity contribution in [1.82, 2.24) is 9.88 Å². The lowest BCUT2D eigenvalue weighted by Gasteiger charge is -2.26. The lowest BCUT2D eigenvalue weighted by atomic mass is 10.1. The number of carbonyl (C=O) groups excluding carboxylic acids is 3. The van der Waals surface area contributed by atoms with Crippen LogP contribution < -0.4 is 10.2 Å². The first-order valence-electron chi connectivity index (χ1n) is 10.5. The summed E-state index contributed by atoms with van der Waals surface area (Å²) in [6.45, 7) is 9.66. The minimum atomic E-state index is -0.759. The van der Waals surface area contributed by atoms with Crippen molar-refractivity contribution < 1.29 is 14.4 Å². The van der Waals surface area contributed by atoms with Crippen LogP contribution >= 0.6 is 11.6 Å². The highest BCUT2D eigenvalue weighted by Crippen LogP contribution is 2.29. The molecule has 3 aromatic rings. The van der Waals surface area contributed by atoms with Gasteiger partial charge in [0.25, 0.3) is 11.8 Å². The Kier molecular flexibility index (Phi) is 5.72. The highest BCUT2D eigenvalue weighted by molar-refractivity contribution is 6.39. The number of barbiturate groups is 1. The maximum atomic E-state index is 13.3. The normalized spacial score (nSPS) is 15.4.